The molecule has 1 atom stereocenters. The SMILES string of the molecule is CC1(C)CN(S(=O)(=O)c2ccc(C#N)cc2Cl)CC[S@@]1=O. The van der Waals surface area contributed by atoms with Gasteiger partial charge in [-0.1, -0.05) is 11.6 Å². The summed E-state index contributed by atoms with van der Waals surface area (Å²) in [5, 5.41) is 8.83. The van der Waals surface area contributed by atoms with Gasteiger partial charge in [0, 0.05) is 29.6 Å². The highest BCUT2D eigenvalue weighted by Crippen LogP contribution is 2.29. The van der Waals surface area contributed by atoms with E-state index in [2.05, 4.69) is 0 Å². The molecule has 0 unspecified atom stereocenters. The van der Waals surface area contributed by atoms with E-state index in [4.69, 9.17) is 16.9 Å². The number of halogens is 1. The standard InChI is InChI=1S/C13H15ClN2O3S2/c1-13(2)9-16(5-6-20(13)17)21(18,19)12-4-3-10(8-15)7-11(12)14/h3-4,7H,5-6,9H2,1-2H3/t20-/m0/s1. The van der Waals surface area contributed by atoms with Crippen LogP contribution in [0.25, 0.3) is 0 Å². The molecule has 0 bridgehead atoms. The van der Waals surface area contributed by atoms with Crippen molar-refractivity contribution >= 4 is 32.4 Å². The topological polar surface area (TPSA) is 78.2 Å². The summed E-state index contributed by atoms with van der Waals surface area (Å²) in [6, 6.07) is 6.01. The van der Waals surface area contributed by atoms with Crippen LogP contribution in [0, 0.1) is 11.3 Å². The van der Waals surface area contributed by atoms with Crippen LogP contribution in [0.3, 0.4) is 0 Å². The maximum Gasteiger partial charge on any atom is 0.244 e. The number of sulfonamides is 1. The van der Waals surface area contributed by atoms with E-state index in [1.807, 2.05) is 6.07 Å². The fourth-order valence-electron chi connectivity index (χ4n) is 2.16. The van der Waals surface area contributed by atoms with Crippen LogP contribution in [0.4, 0.5) is 0 Å². The Labute approximate surface area is 132 Å². The molecule has 0 amide bonds. The second-order valence-electron chi connectivity index (χ2n) is 5.40. The summed E-state index contributed by atoms with van der Waals surface area (Å²) >= 11 is 5.99. The van der Waals surface area contributed by atoms with Crippen molar-refractivity contribution in [2.75, 3.05) is 18.8 Å². The smallest absolute Gasteiger partial charge is 0.244 e. The molecule has 1 aromatic rings. The van der Waals surface area contributed by atoms with E-state index >= 15 is 0 Å². The van der Waals surface area contributed by atoms with Gasteiger partial charge in [0.25, 0.3) is 0 Å². The van der Waals surface area contributed by atoms with Crippen LogP contribution in [0.1, 0.15) is 19.4 Å². The van der Waals surface area contributed by atoms with Gasteiger partial charge in [-0.15, -0.1) is 0 Å². The molecule has 8 heteroatoms. The van der Waals surface area contributed by atoms with E-state index in [0.29, 0.717) is 11.3 Å². The van der Waals surface area contributed by atoms with Gasteiger partial charge in [-0.3, -0.25) is 4.21 Å². The minimum atomic E-state index is -3.75. The van der Waals surface area contributed by atoms with Crippen molar-refractivity contribution in [3.05, 3.63) is 28.8 Å². The molecule has 1 heterocycles. The fourth-order valence-corrected chi connectivity index (χ4v) is 5.72. The molecule has 0 N–H and O–H groups in total. The van der Waals surface area contributed by atoms with E-state index in [-0.39, 0.29) is 23.0 Å². The van der Waals surface area contributed by atoms with E-state index in [0.717, 1.165) is 0 Å². The zero-order chi connectivity index (χ0) is 15.8. The predicted octanol–water partition coefficient (Wildman–Crippen LogP) is 1.74. The summed E-state index contributed by atoms with van der Waals surface area (Å²) in [6.45, 7) is 3.95. The van der Waals surface area contributed by atoms with Crippen LogP contribution in [0.15, 0.2) is 23.1 Å². The lowest BCUT2D eigenvalue weighted by Crippen LogP contribution is -2.51. The monoisotopic (exact) mass is 346 g/mol. The second-order valence-corrected chi connectivity index (χ2v) is 9.92. The van der Waals surface area contributed by atoms with Crippen LogP contribution in [0.2, 0.25) is 5.02 Å². The molecule has 0 saturated carbocycles. The molecule has 0 spiro atoms. The first kappa shape index (κ1) is 16.4. The van der Waals surface area contributed by atoms with Gasteiger partial charge in [0.15, 0.2) is 0 Å². The van der Waals surface area contributed by atoms with Gasteiger partial charge in [0.1, 0.15) is 4.90 Å². The van der Waals surface area contributed by atoms with E-state index in [1.54, 1.807) is 13.8 Å². The van der Waals surface area contributed by atoms with E-state index < -0.39 is 25.6 Å². The highest BCUT2D eigenvalue weighted by Gasteiger charge is 2.39. The number of hydrogen-bond donors (Lipinski definition) is 0. The highest BCUT2D eigenvalue weighted by atomic mass is 35.5. The first-order valence-electron chi connectivity index (χ1n) is 6.27. The number of rotatable bonds is 2. The Hall–Kier alpha value is -0.940. The van der Waals surface area contributed by atoms with Crippen molar-refractivity contribution in [2.24, 2.45) is 0 Å². The highest BCUT2D eigenvalue weighted by molar-refractivity contribution is 7.90. The summed E-state index contributed by atoms with van der Waals surface area (Å²) in [4.78, 5) is -0.0216. The maximum atomic E-state index is 12.7. The van der Waals surface area contributed by atoms with Crippen LogP contribution in [0.5, 0.6) is 0 Å². The molecule has 0 radical (unpaired) electrons. The van der Waals surface area contributed by atoms with Crippen molar-refractivity contribution in [3.63, 3.8) is 0 Å². The molecular weight excluding hydrogens is 332 g/mol. The van der Waals surface area contributed by atoms with Crippen LogP contribution >= 0.6 is 11.6 Å². The molecule has 1 fully saturated rings. The van der Waals surface area contributed by atoms with Crippen LogP contribution in [-0.4, -0.2) is 40.5 Å². The lowest BCUT2D eigenvalue weighted by molar-refractivity contribution is 0.378. The van der Waals surface area contributed by atoms with Gasteiger partial charge in [-0.25, -0.2) is 8.42 Å². The quantitative estimate of drug-likeness (QED) is 0.817. The van der Waals surface area contributed by atoms with Gasteiger partial charge in [-0.05, 0) is 32.0 Å². The minimum absolute atomic E-state index is 0.0216. The third kappa shape index (κ3) is 3.14. The second kappa shape index (κ2) is 5.69. The minimum Gasteiger partial charge on any atom is -0.259 e. The molecule has 2 rings (SSSR count). The number of nitriles is 1. The van der Waals surface area contributed by atoms with Crippen molar-refractivity contribution in [3.8, 4) is 6.07 Å². The number of nitrogens with zero attached hydrogens (tertiary/aromatic N) is 2. The third-order valence-electron chi connectivity index (χ3n) is 3.38. The Balaban J connectivity index is 2.40. The summed E-state index contributed by atoms with van der Waals surface area (Å²) < 4.78 is 37.9. The molecule has 1 saturated heterocycles. The van der Waals surface area contributed by atoms with Crippen molar-refractivity contribution < 1.29 is 12.6 Å². The first-order chi connectivity index (χ1) is 9.68. The Morgan fingerprint density at radius 2 is 2.10 bits per heavy atom. The van der Waals surface area contributed by atoms with Crippen LogP contribution in [-0.2, 0) is 20.8 Å². The molecule has 1 aromatic carbocycles. The number of hydrogen-bond acceptors (Lipinski definition) is 4. The summed E-state index contributed by atoms with van der Waals surface area (Å²) in [7, 11) is -4.81. The lowest BCUT2D eigenvalue weighted by Gasteiger charge is -2.36. The summed E-state index contributed by atoms with van der Waals surface area (Å²) in [6.07, 6.45) is 0. The van der Waals surface area contributed by atoms with Gasteiger partial charge >= 0.3 is 0 Å². The molecule has 0 aliphatic carbocycles. The fraction of sp³-hybridized carbons (Fsp3) is 0.462. The number of benzene rings is 1. The molecule has 21 heavy (non-hydrogen) atoms. The zero-order valence-electron chi connectivity index (χ0n) is 11.7. The zero-order valence-corrected chi connectivity index (χ0v) is 14.1. The van der Waals surface area contributed by atoms with Crippen LogP contribution < -0.4 is 0 Å². The Bertz CT molecular complexity index is 738. The molecular formula is C13H15ClN2O3S2. The van der Waals surface area contributed by atoms with Gasteiger partial charge < -0.3 is 0 Å². The average molecular weight is 347 g/mol. The van der Waals surface area contributed by atoms with E-state index in [1.165, 1.54) is 22.5 Å². The predicted molar refractivity (Wildman–Crippen MR) is 82.0 cm³/mol. The maximum absolute atomic E-state index is 12.7. The van der Waals surface area contributed by atoms with Gasteiger partial charge in [0.05, 0.1) is 21.4 Å². The van der Waals surface area contributed by atoms with Gasteiger partial charge in [0.2, 0.25) is 10.0 Å². The van der Waals surface area contributed by atoms with Crippen molar-refractivity contribution in [1.29, 1.82) is 5.26 Å². The Morgan fingerprint density at radius 3 is 2.62 bits per heavy atom. The van der Waals surface area contributed by atoms with Crippen molar-refractivity contribution in [2.45, 2.75) is 23.5 Å². The van der Waals surface area contributed by atoms with Crippen molar-refractivity contribution in [1.82, 2.24) is 4.31 Å². The first-order valence-corrected chi connectivity index (χ1v) is 9.40. The average Bonchev–Trinajstić information content (AvgIpc) is 2.41. The van der Waals surface area contributed by atoms with Gasteiger partial charge in [-0.2, -0.15) is 9.57 Å². The Kier molecular flexibility index (Phi) is 4.45. The largest absolute Gasteiger partial charge is 0.259 e. The third-order valence-corrected chi connectivity index (χ3v) is 7.62. The summed E-state index contributed by atoms with van der Waals surface area (Å²) in [5.74, 6) is 0.306. The van der Waals surface area contributed by atoms with E-state index in [9.17, 15) is 12.6 Å². The molecule has 1 aliphatic rings. The Morgan fingerprint density at radius 1 is 1.43 bits per heavy atom. The molecule has 5 nitrogen and oxygen atoms in total. The summed E-state index contributed by atoms with van der Waals surface area (Å²) in [5.41, 5.74) is 0.305. The lowest BCUT2D eigenvalue weighted by atomic mass is 10.2. The molecule has 1 aliphatic heterocycles. The molecule has 0 aromatic heterocycles. The normalized spacial score (nSPS) is 22.7. The molecule has 114 valence electrons.